The predicted octanol–water partition coefficient (Wildman–Crippen LogP) is 2.77. The largest absolute Gasteiger partial charge is 0.379 e. The van der Waals surface area contributed by atoms with E-state index in [9.17, 15) is 4.79 Å². The number of amides is 1. The summed E-state index contributed by atoms with van der Waals surface area (Å²) in [6.45, 7) is 6.69. The van der Waals surface area contributed by atoms with Crippen LogP contribution in [0.2, 0.25) is 0 Å². The SMILES string of the molecule is CCOCC1c2c(cnn2CC2CC2)CCN1C(=O)c1ccc(C)nc1. The number of fused-ring (bicyclic) bond motifs is 1. The summed E-state index contributed by atoms with van der Waals surface area (Å²) in [6.07, 6.45) is 7.05. The molecule has 2 aliphatic rings. The first-order valence-electron chi connectivity index (χ1n) is 9.53. The van der Waals surface area contributed by atoms with Crippen LogP contribution in [0, 0.1) is 12.8 Å². The van der Waals surface area contributed by atoms with E-state index in [0.717, 1.165) is 30.3 Å². The third-order valence-electron chi connectivity index (χ3n) is 5.30. The second-order valence-corrected chi connectivity index (χ2v) is 7.29. The fraction of sp³-hybridized carbons (Fsp3) is 0.550. The Morgan fingerprint density at radius 2 is 2.15 bits per heavy atom. The van der Waals surface area contributed by atoms with Gasteiger partial charge in [-0.05, 0) is 56.7 Å². The second kappa shape index (κ2) is 7.19. The van der Waals surface area contributed by atoms with Gasteiger partial charge in [-0.25, -0.2) is 0 Å². The Hall–Kier alpha value is -2.21. The van der Waals surface area contributed by atoms with Crippen molar-refractivity contribution in [1.82, 2.24) is 19.7 Å². The van der Waals surface area contributed by atoms with Crippen LogP contribution in [0.5, 0.6) is 0 Å². The van der Waals surface area contributed by atoms with Gasteiger partial charge in [0.25, 0.3) is 5.91 Å². The minimum Gasteiger partial charge on any atom is -0.379 e. The van der Waals surface area contributed by atoms with E-state index in [0.29, 0.717) is 25.3 Å². The van der Waals surface area contributed by atoms with Crippen LogP contribution in [0.3, 0.4) is 0 Å². The summed E-state index contributed by atoms with van der Waals surface area (Å²) < 4.78 is 7.87. The number of pyridine rings is 1. The maximum atomic E-state index is 13.2. The lowest BCUT2D eigenvalue weighted by Crippen LogP contribution is -2.43. The van der Waals surface area contributed by atoms with Crippen LogP contribution in [0.25, 0.3) is 0 Å². The molecule has 2 aromatic heterocycles. The third-order valence-corrected chi connectivity index (χ3v) is 5.30. The van der Waals surface area contributed by atoms with Crippen LogP contribution in [0.15, 0.2) is 24.5 Å². The molecule has 3 heterocycles. The van der Waals surface area contributed by atoms with Crippen LogP contribution in [-0.2, 0) is 17.7 Å². The van der Waals surface area contributed by atoms with Gasteiger partial charge < -0.3 is 9.64 Å². The lowest BCUT2D eigenvalue weighted by Gasteiger charge is -2.36. The van der Waals surface area contributed by atoms with Crippen molar-refractivity contribution < 1.29 is 9.53 Å². The lowest BCUT2D eigenvalue weighted by atomic mass is 9.99. The molecule has 6 heteroatoms. The van der Waals surface area contributed by atoms with Crippen LogP contribution >= 0.6 is 0 Å². The van der Waals surface area contributed by atoms with Crippen LogP contribution < -0.4 is 0 Å². The van der Waals surface area contributed by atoms with Crippen LogP contribution in [0.4, 0.5) is 0 Å². The molecular formula is C20H26N4O2. The molecule has 1 saturated carbocycles. The highest BCUT2D eigenvalue weighted by Crippen LogP contribution is 2.35. The highest BCUT2D eigenvalue weighted by molar-refractivity contribution is 5.94. The molecule has 0 N–H and O–H groups in total. The number of hydrogen-bond donors (Lipinski definition) is 0. The quantitative estimate of drug-likeness (QED) is 0.800. The van der Waals surface area contributed by atoms with Crippen molar-refractivity contribution in [3.05, 3.63) is 47.0 Å². The third kappa shape index (κ3) is 3.38. The smallest absolute Gasteiger partial charge is 0.256 e. The maximum absolute atomic E-state index is 13.2. The number of nitrogens with zero attached hydrogens (tertiary/aromatic N) is 4. The molecule has 0 bridgehead atoms. The second-order valence-electron chi connectivity index (χ2n) is 7.29. The highest BCUT2D eigenvalue weighted by Gasteiger charge is 2.36. The fourth-order valence-electron chi connectivity index (χ4n) is 3.65. The average molecular weight is 354 g/mol. The molecule has 0 radical (unpaired) electrons. The Labute approximate surface area is 154 Å². The molecular weight excluding hydrogens is 328 g/mol. The van der Waals surface area contributed by atoms with E-state index >= 15 is 0 Å². The molecule has 1 unspecified atom stereocenters. The van der Waals surface area contributed by atoms with Crippen molar-refractivity contribution in [1.29, 1.82) is 0 Å². The Bertz CT molecular complexity index is 780. The molecule has 4 rings (SSSR count). The normalized spacial score (nSPS) is 19.5. The van der Waals surface area contributed by atoms with E-state index in [1.165, 1.54) is 18.4 Å². The minimum absolute atomic E-state index is 0.0204. The lowest BCUT2D eigenvalue weighted by molar-refractivity contribution is 0.0397. The summed E-state index contributed by atoms with van der Waals surface area (Å²) in [7, 11) is 0. The predicted molar refractivity (Wildman–Crippen MR) is 97.9 cm³/mol. The summed E-state index contributed by atoms with van der Waals surface area (Å²) in [6, 6.07) is 3.66. The monoisotopic (exact) mass is 354 g/mol. The van der Waals surface area contributed by atoms with E-state index in [2.05, 4.69) is 14.8 Å². The highest BCUT2D eigenvalue weighted by atomic mass is 16.5. The Kier molecular flexibility index (Phi) is 4.76. The van der Waals surface area contributed by atoms with Gasteiger partial charge in [-0.3, -0.25) is 14.5 Å². The van der Waals surface area contributed by atoms with Gasteiger partial charge in [0.05, 0.1) is 30.1 Å². The summed E-state index contributed by atoms with van der Waals surface area (Å²) in [5, 5.41) is 4.63. The van der Waals surface area contributed by atoms with E-state index in [1.807, 2.05) is 37.1 Å². The molecule has 0 spiro atoms. The zero-order valence-electron chi connectivity index (χ0n) is 15.5. The molecule has 1 aliphatic carbocycles. The molecule has 6 nitrogen and oxygen atoms in total. The van der Waals surface area contributed by atoms with E-state index < -0.39 is 0 Å². The summed E-state index contributed by atoms with van der Waals surface area (Å²) in [5.41, 5.74) is 3.95. The van der Waals surface area contributed by atoms with Gasteiger partial charge in [-0.2, -0.15) is 5.10 Å². The van der Waals surface area contributed by atoms with Crippen molar-refractivity contribution in [3.63, 3.8) is 0 Å². The molecule has 1 amide bonds. The maximum Gasteiger partial charge on any atom is 0.256 e. The first kappa shape index (κ1) is 17.2. The van der Waals surface area contributed by atoms with Gasteiger partial charge in [0.2, 0.25) is 0 Å². The number of aryl methyl sites for hydroxylation is 1. The molecule has 1 aliphatic heterocycles. The molecule has 26 heavy (non-hydrogen) atoms. The van der Waals surface area contributed by atoms with Gasteiger partial charge in [-0.15, -0.1) is 0 Å². The number of rotatable bonds is 6. The Balaban J connectivity index is 1.64. The number of carbonyl (C=O) groups is 1. The van der Waals surface area contributed by atoms with Gasteiger partial charge in [-0.1, -0.05) is 0 Å². The van der Waals surface area contributed by atoms with Crippen molar-refractivity contribution in [2.75, 3.05) is 19.8 Å². The topological polar surface area (TPSA) is 60.2 Å². The first-order valence-corrected chi connectivity index (χ1v) is 9.53. The summed E-state index contributed by atoms with van der Waals surface area (Å²) in [5.74, 6) is 0.756. The molecule has 138 valence electrons. The van der Waals surface area contributed by atoms with Gasteiger partial charge >= 0.3 is 0 Å². The average Bonchev–Trinajstić information content (AvgIpc) is 3.38. The van der Waals surface area contributed by atoms with Gasteiger partial charge in [0.1, 0.15) is 0 Å². The molecule has 2 aromatic rings. The number of hydrogen-bond acceptors (Lipinski definition) is 4. The summed E-state index contributed by atoms with van der Waals surface area (Å²) >= 11 is 0. The molecule has 0 aromatic carbocycles. The van der Waals surface area contributed by atoms with E-state index in [-0.39, 0.29) is 11.9 Å². The Morgan fingerprint density at radius 3 is 2.85 bits per heavy atom. The number of carbonyl (C=O) groups excluding carboxylic acids is 1. The van der Waals surface area contributed by atoms with E-state index in [4.69, 9.17) is 4.74 Å². The first-order chi connectivity index (χ1) is 12.7. The number of aromatic nitrogens is 3. The van der Waals surface area contributed by atoms with Gasteiger partial charge in [0, 0.05) is 31.6 Å². The zero-order valence-corrected chi connectivity index (χ0v) is 15.5. The van der Waals surface area contributed by atoms with Gasteiger partial charge in [0.15, 0.2) is 0 Å². The van der Waals surface area contributed by atoms with Crippen LogP contribution in [-0.4, -0.2) is 45.3 Å². The van der Waals surface area contributed by atoms with E-state index in [1.54, 1.807) is 6.20 Å². The van der Waals surface area contributed by atoms with Crippen molar-refractivity contribution >= 4 is 5.91 Å². The zero-order chi connectivity index (χ0) is 18.1. The standard InChI is InChI=1S/C20H26N4O2/c1-3-26-13-18-19-16(11-22-24(19)12-15-5-6-15)8-9-23(18)20(25)17-7-4-14(2)21-10-17/h4,7,10-11,15,18H,3,5-6,8-9,12-13H2,1-2H3. The van der Waals surface area contributed by atoms with Crippen LogP contribution in [0.1, 0.15) is 53.1 Å². The fourth-order valence-corrected chi connectivity index (χ4v) is 3.65. The summed E-state index contributed by atoms with van der Waals surface area (Å²) in [4.78, 5) is 19.4. The molecule has 1 fully saturated rings. The van der Waals surface area contributed by atoms with Crippen molar-refractivity contribution in [2.45, 2.75) is 45.7 Å². The molecule has 1 atom stereocenters. The minimum atomic E-state index is -0.0891. The molecule has 0 saturated heterocycles. The van der Waals surface area contributed by atoms with Crippen molar-refractivity contribution in [2.24, 2.45) is 5.92 Å². The Morgan fingerprint density at radius 1 is 1.31 bits per heavy atom. The van der Waals surface area contributed by atoms with Crippen molar-refractivity contribution in [3.8, 4) is 0 Å². The number of ether oxygens (including phenoxy) is 1.